The number of hydrogen-bond acceptors (Lipinski definition) is 3. The molecule has 4 nitrogen and oxygen atoms in total. The number of unbranched alkanes of at least 4 members (excludes halogenated alkanes) is 2. The van der Waals surface area contributed by atoms with Gasteiger partial charge in [0, 0.05) is 32.2 Å². The fourth-order valence-electron chi connectivity index (χ4n) is 1.28. The van der Waals surface area contributed by atoms with Crippen molar-refractivity contribution in [3.63, 3.8) is 0 Å². The Labute approximate surface area is 85.1 Å². The Balaban J connectivity index is 1.85. The highest BCUT2D eigenvalue weighted by Crippen LogP contribution is 1.95. The van der Waals surface area contributed by atoms with Crippen molar-refractivity contribution in [2.45, 2.75) is 25.8 Å². The highest BCUT2D eigenvalue weighted by molar-refractivity contribution is 4.92. The first kappa shape index (κ1) is 11.2. The molecule has 0 atom stereocenters. The maximum Gasteiger partial charge on any atom is 0.0922 e. The molecule has 0 amide bonds. The normalized spacial score (nSPS) is 10.6. The summed E-state index contributed by atoms with van der Waals surface area (Å²) in [6.45, 7) is 2.81. The van der Waals surface area contributed by atoms with Gasteiger partial charge in [0.05, 0.1) is 6.33 Å². The number of H-pyrrole nitrogens is 1. The van der Waals surface area contributed by atoms with Crippen LogP contribution in [-0.2, 0) is 11.3 Å². The van der Waals surface area contributed by atoms with E-state index in [9.17, 15) is 0 Å². The van der Waals surface area contributed by atoms with Crippen molar-refractivity contribution in [1.29, 1.82) is 0 Å². The van der Waals surface area contributed by atoms with Crippen LogP contribution in [0.3, 0.4) is 0 Å². The minimum Gasteiger partial charge on any atom is -0.385 e. The van der Waals surface area contributed by atoms with Gasteiger partial charge in [-0.2, -0.15) is 0 Å². The number of aromatic amines is 1. The van der Waals surface area contributed by atoms with Crippen LogP contribution in [0, 0.1) is 0 Å². The van der Waals surface area contributed by atoms with E-state index >= 15 is 0 Å². The number of methoxy groups -OCH3 is 1. The molecule has 1 rings (SSSR count). The van der Waals surface area contributed by atoms with Crippen molar-refractivity contribution in [3.8, 4) is 0 Å². The molecule has 0 radical (unpaired) electrons. The standard InChI is InChI=1S/C10H19N3O/c1-14-6-4-2-3-5-11-7-10-8-12-9-13-10/h8-9,11H,2-7H2,1H3,(H,12,13). The largest absolute Gasteiger partial charge is 0.385 e. The first-order valence-corrected chi connectivity index (χ1v) is 5.10. The van der Waals surface area contributed by atoms with Crippen LogP contribution in [-0.4, -0.2) is 30.2 Å². The molecule has 0 aliphatic heterocycles. The summed E-state index contributed by atoms with van der Waals surface area (Å²) in [5.41, 5.74) is 1.14. The summed E-state index contributed by atoms with van der Waals surface area (Å²) in [7, 11) is 1.75. The van der Waals surface area contributed by atoms with Gasteiger partial charge in [0.2, 0.25) is 0 Å². The molecule has 0 aliphatic rings. The minimum atomic E-state index is 0.876. The summed E-state index contributed by atoms with van der Waals surface area (Å²) in [6.07, 6.45) is 7.14. The fraction of sp³-hybridized carbons (Fsp3) is 0.700. The van der Waals surface area contributed by atoms with Gasteiger partial charge in [0.1, 0.15) is 0 Å². The molecule has 0 spiro atoms. The van der Waals surface area contributed by atoms with Gasteiger partial charge in [-0.25, -0.2) is 4.98 Å². The lowest BCUT2D eigenvalue weighted by molar-refractivity contribution is 0.192. The van der Waals surface area contributed by atoms with E-state index in [1.165, 1.54) is 12.8 Å². The molecule has 1 heterocycles. The third-order valence-electron chi connectivity index (χ3n) is 2.07. The van der Waals surface area contributed by atoms with E-state index in [-0.39, 0.29) is 0 Å². The van der Waals surface area contributed by atoms with Crippen molar-refractivity contribution >= 4 is 0 Å². The number of nitrogens with zero attached hydrogens (tertiary/aromatic N) is 1. The second kappa shape index (κ2) is 7.53. The summed E-state index contributed by atoms with van der Waals surface area (Å²) in [4.78, 5) is 7.00. The van der Waals surface area contributed by atoms with Gasteiger partial charge in [0.15, 0.2) is 0 Å². The first-order valence-electron chi connectivity index (χ1n) is 5.10. The quantitative estimate of drug-likeness (QED) is 0.618. The average Bonchev–Trinajstić information content (AvgIpc) is 2.69. The Hall–Kier alpha value is -0.870. The number of ether oxygens (including phenoxy) is 1. The predicted octanol–water partition coefficient (Wildman–Crippen LogP) is 1.32. The molecule has 0 bridgehead atoms. The lowest BCUT2D eigenvalue weighted by atomic mass is 10.2. The van der Waals surface area contributed by atoms with Crippen molar-refractivity contribution in [2.24, 2.45) is 0 Å². The lowest BCUT2D eigenvalue weighted by Crippen LogP contribution is -2.14. The van der Waals surface area contributed by atoms with E-state index in [1.54, 1.807) is 13.4 Å². The van der Waals surface area contributed by atoms with Gasteiger partial charge in [-0.1, -0.05) is 0 Å². The van der Waals surface area contributed by atoms with Gasteiger partial charge in [-0.15, -0.1) is 0 Å². The van der Waals surface area contributed by atoms with E-state index in [0.29, 0.717) is 0 Å². The molecule has 0 aliphatic carbocycles. The number of hydrogen-bond donors (Lipinski definition) is 2. The van der Waals surface area contributed by atoms with Gasteiger partial charge in [-0.3, -0.25) is 0 Å². The maximum absolute atomic E-state index is 4.97. The molecule has 4 heteroatoms. The van der Waals surface area contributed by atoms with Crippen molar-refractivity contribution in [3.05, 3.63) is 18.2 Å². The van der Waals surface area contributed by atoms with E-state index in [0.717, 1.165) is 31.8 Å². The van der Waals surface area contributed by atoms with Crippen LogP contribution in [0.4, 0.5) is 0 Å². The molecule has 0 saturated carbocycles. The third-order valence-corrected chi connectivity index (χ3v) is 2.07. The maximum atomic E-state index is 4.97. The summed E-state index contributed by atoms with van der Waals surface area (Å²) >= 11 is 0. The molecular weight excluding hydrogens is 178 g/mol. The second-order valence-corrected chi connectivity index (χ2v) is 3.31. The molecule has 0 unspecified atom stereocenters. The third kappa shape index (κ3) is 4.99. The Kier molecular flexibility index (Phi) is 6.02. The Bertz CT molecular complexity index is 211. The zero-order valence-electron chi connectivity index (χ0n) is 8.75. The van der Waals surface area contributed by atoms with Gasteiger partial charge < -0.3 is 15.0 Å². The molecule has 0 saturated heterocycles. The van der Waals surface area contributed by atoms with E-state index < -0.39 is 0 Å². The number of imidazole rings is 1. The summed E-state index contributed by atoms with van der Waals surface area (Å²) < 4.78 is 4.97. The zero-order chi connectivity index (χ0) is 10.1. The molecule has 0 aromatic carbocycles. The van der Waals surface area contributed by atoms with Crippen molar-refractivity contribution < 1.29 is 4.74 Å². The Morgan fingerprint density at radius 1 is 1.43 bits per heavy atom. The number of aromatic nitrogens is 2. The Morgan fingerprint density at radius 3 is 3.07 bits per heavy atom. The summed E-state index contributed by atoms with van der Waals surface area (Å²) in [5, 5.41) is 3.35. The van der Waals surface area contributed by atoms with Crippen molar-refractivity contribution in [2.75, 3.05) is 20.3 Å². The average molecular weight is 197 g/mol. The van der Waals surface area contributed by atoms with Crippen molar-refractivity contribution in [1.82, 2.24) is 15.3 Å². The number of nitrogens with one attached hydrogen (secondary N) is 2. The van der Waals surface area contributed by atoms with Crippen LogP contribution in [0.15, 0.2) is 12.5 Å². The molecule has 80 valence electrons. The first-order chi connectivity index (χ1) is 6.93. The van der Waals surface area contributed by atoms with Gasteiger partial charge >= 0.3 is 0 Å². The van der Waals surface area contributed by atoms with E-state index in [1.807, 2.05) is 6.20 Å². The smallest absolute Gasteiger partial charge is 0.0922 e. The summed E-state index contributed by atoms with van der Waals surface area (Å²) in [6, 6.07) is 0. The molecule has 1 aromatic heterocycles. The minimum absolute atomic E-state index is 0.876. The van der Waals surface area contributed by atoms with Crippen LogP contribution in [0.1, 0.15) is 25.0 Å². The monoisotopic (exact) mass is 197 g/mol. The number of rotatable bonds is 8. The second-order valence-electron chi connectivity index (χ2n) is 3.31. The fourth-order valence-corrected chi connectivity index (χ4v) is 1.28. The zero-order valence-corrected chi connectivity index (χ0v) is 8.75. The SMILES string of the molecule is COCCCCCNCc1cnc[nH]1. The van der Waals surface area contributed by atoms with Crippen LogP contribution in [0.5, 0.6) is 0 Å². The Morgan fingerprint density at radius 2 is 2.36 bits per heavy atom. The van der Waals surface area contributed by atoms with Crippen LogP contribution in [0.25, 0.3) is 0 Å². The van der Waals surface area contributed by atoms with Crippen LogP contribution < -0.4 is 5.32 Å². The predicted molar refractivity (Wildman–Crippen MR) is 56.0 cm³/mol. The lowest BCUT2D eigenvalue weighted by Gasteiger charge is -2.02. The molecule has 14 heavy (non-hydrogen) atoms. The highest BCUT2D eigenvalue weighted by atomic mass is 16.5. The van der Waals surface area contributed by atoms with Gasteiger partial charge in [0.25, 0.3) is 0 Å². The van der Waals surface area contributed by atoms with E-state index in [2.05, 4.69) is 15.3 Å². The van der Waals surface area contributed by atoms with Crippen LogP contribution >= 0.6 is 0 Å². The molecule has 0 fully saturated rings. The topological polar surface area (TPSA) is 49.9 Å². The van der Waals surface area contributed by atoms with Crippen LogP contribution in [0.2, 0.25) is 0 Å². The molecule has 2 N–H and O–H groups in total. The van der Waals surface area contributed by atoms with Gasteiger partial charge in [-0.05, 0) is 25.8 Å². The highest BCUT2D eigenvalue weighted by Gasteiger charge is 1.92. The molecule has 1 aromatic rings. The summed E-state index contributed by atoms with van der Waals surface area (Å²) in [5.74, 6) is 0. The van der Waals surface area contributed by atoms with E-state index in [4.69, 9.17) is 4.74 Å². The molecular formula is C10H19N3O.